The van der Waals surface area contributed by atoms with Gasteiger partial charge in [0.1, 0.15) is 6.10 Å². The van der Waals surface area contributed by atoms with Crippen molar-refractivity contribution >= 4 is 11.8 Å². The summed E-state index contributed by atoms with van der Waals surface area (Å²) in [6, 6.07) is 1.37. The third-order valence-electron chi connectivity index (χ3n) is 4.49. The second-order valence-electron chi connectivity index (χ2n) is 6.42. The van der Waals surface area contributed by atoms with Crippen LogP contribution in [0.25, 0.3) is 0 Å². The second-order valence-corrected chi connectivity index (χ2v) is 6.42. The van der Waals surface area contributed by atoms with Crippen LogP contribution in [-0.2, 0) is 9.53 Å². The number of nitrogens with one attached hydrogen (secondary N) is 2. The van der Waals surface area contributed by atoms with Crippen LogP contribution >= 0.6 is 0 Å². The lowest BCUT2D eigenvalue weighted by Crippen LogP contribution is -2.38. The first-order valence-electron chi connectivity index (χ1n) is 8.29. The van der Waals surface area contributed by atoms with Gasteiger partial charge in [0.15, 0.2) is 5.69 Å². The largest absolute Gasteiger partial charge is 0.368 e. The van der Waals surface area contributed by atoms with E-state index < -0.39 is 0 Å². The summed E-state index contributed by atoms with van der Waals surface area (Å²) in [4.78, 5) is 37.9. The SMILES string of the molecule is Cc1cc(=O)c(C(=O)N2CCC(CNC(=O)C3CCCO3)C2)n[nH]1. The van der Waals surface area contributed by atoms with Crippen molar-refractivity contribution in [3.8, 4) is 0 Å². The Labute approximate surface area is 139 Å². The Morgan fingerprint density at radius 3 is 3.00 bits per heavy atom. The molecule has 0 radical (unpaired) electrons. The molecule has 2 fully saturated rings. The highest BCUT2D eigenvalue weighted by Crippen LogP contribution is 2.17. The number of hydrogen-bond donors (Lipinski definition) is 2. The molecule has 8 nitrogen and oxygen atoms in total. The van der Waals surface area contributed by atoms with Crippen molar-refractivity contribution < 1.29 is 14.3 Å². The van der Waals surface area contributed by atoms with Crippen molar-refractivity contribution in [1.29, 1.82) is 0 Å². The van der Waals surface area contributed by atoms with E-state index in [1.54, 1.807) is 11.8 Å². The zero-order chi connectivity index (χ0) is 17.1. The van der Waals surface area contributed by atoms with Crippen molar-refractivity contribution in [2.24, 2.45) is 5.92 Å². The fourth-order valence-electron chi connectivity index (χ4n) is 3.13. The minimum atomic E-state index is -0.369. The zero-order valence-electron chi connectivity index (χ0n) is 13.7. The number of ether oxygens (including phenoxy) is 1. The molecular formula is C16H22N4O4. The molecule has 2 amide bonds. The number of likely N-dealkylation sites (tertiary alicyclic amines) is 1. The lowest BCUT2D eigenvalue weighted by molar-refractivity contribution is -0.130. The Hall–Kier alpha value is -2.22. The van der Waals surface area contributed by atoms with Crippen LogP contribution in [0.3, 0.4) is 0 Å². The van der Waals surface area contributed by atoms with E-state index in [0.717, 1.165) is 19.3 Å². The number of hydrogen-bond acceptors (Lipinski definition) is 5. The Balaban J connectivity index is 1.52. The molecule has 2 atom stereocenters. The number of amides is 2. The summed E-state index contributed by atoms with van der Waals surface area (Å²) in [5.74, 6) is -0.248. The molecule has 0 saturated carbocycles. The van der Waals surface area contributed by atoms with Gasteiger partial charge in [-0.15, -0.1) is 0 Å². The number of carbonyl (C=O) groups is 2. The van der Waals surface area contributed by atoms with Crippen LogP contribution in [0.2, 0.25) is 0 Å². The number of carbonyl (C=O) groups excluding carboxylic acids is 2. The summed E-state index contributed by atoms with van der Waals surface area (Å²) < 4.78 is 5.35. The van der Waals surface area contributed by atoms with Crippen molar-refractivity contribution in [2.75, 3.05) is 26.2 Å². The molecule has 0 aromatic carbocycles. The van der Waals surface area contributed by atoms with Crippen LogP contribution < -0.4 is 10.7 Å². The summed E-state index contributed by atoms with van der Waals surface area (Å²) in [5.41, 5.74) is 0.170. The number of aryl methyl sites for hydroxylation is 1. The molecule has 1 aromatic rings. The normalized spacial score (nSPS) is 23.5. The Bertz CT molecular complexity index is 681. The van der Waals surface area contributed by atoms with Crippen molar-refractivity contribution in [2.45, 2.75) is 32.3 Å². The maximum atomic E-state index is 12.4. The Morgan fingerprint density at radius 2 is 2.29 bits per heavy atom. The molecule has 130 valence electrons. The molecule has 0 spiro atoms. The molecule has 2 unspecified atom stereocenters. The van der Waals surface area contributed by atoms with Gasteiger partial charge in [-0.05, 0) is 32.1 Å². The van der Waals surface area contributed by atoms with Gasteiger partial charge in [-0.25, -0.2) is 0 Å². The molecule has 1 aromatic heterocycles. The van der Waals surface area contributed by atoms with Gasteiger partial charge >= 0.3 is 0 Å². The molecule has 0 aliphatic carbocycles. The zero-order valence-corrected chi connectivity index (χ0v) is 13.7. The molecule has 3 rings (SSSR count). The fraction of sp³-hybridized carbons (Fsp3) is 0.625. The van der Waals surface area contributed by atoms with Gasteiger partial charge in [-0.1, -0.05) is 0 Å². The predicted octanol–water partition coefficient (Wildman–Crippen LogP) is -0.164. The predicted molar refractivity (Wildman–Crippen MR) is 85.6 cm³/mol. The quantitative estimate of drug-likeness (QED) is 0.796. The maximum Gasteiger partial charge on any atom is 0.278 e. The molecular weight excluding hydrogens is 312 g/mol. The highest BCUT2D eigenvalue weighted by molar-refractivity contribution is 5.92. The molecule has 2 aliphatic rings. The van der Waals surface area contributed by atoms with E-state index in [2.05, 4.69) is 15.5 Å². The number of nitrogens with zero attached hydrogens (tertiary/aromatic N) is 2. The number of rotatable bonds is 4. The Morgan fingerprint density at radius 1 is 1.46 bits per heavy atom. The van der Waals surface area contributed by atoms with Gasteiger partial charge in [0, 0.05) is 38.0 Å². The van der Waals surface area contributed by atoms with Crippen LogP contribution in [0.15, 0.2) is 10.9 Å². The highest BCUT2D eigenvalue weighted by Gasteiger charge is 2.30. The van der Waals surface area contributed by atoms with Crippen LogP contribution in [-0.4, -0.2) is 59.3 Å². The van der Waals surface area contributed by atoms with E-state index in [1.807, 2.05) is 0 Å². The van der Waals surface area contributed by atoms with Crippen LogP contribution in [0.5, 0.6) is 0 Å². The summed E-state index contributed by atoms with van der Waals surface area (Å²) >= 11 is 0. The standard InChI is InChI=1S/C16H22N4O4/c1-10-7-12(21)14(19-18-10)16(23)20-5-4-11(9-20)8-17-15(22)13-3-2-6-24-13/h7,11,13H,2-6,8-9H2,1H3,(H,17,22)(H,18,21). The summed E-state index contributed by atoms with van der Waals surface area (Å²) in [6.07, 6.45) is 2.14. The minimum Gasteiger partial charge on any atom is -0.368 e. The number of aromatic amines is 1. The van der Waals surface area contributed by atoms with E-state index in [4.69, 9.17) is 4.74 Å². The van der Waals surface area contributed by atoms with Gasteiger partial charge in [0.25, 0.3) is 5.91 Å². The maximum absolute atomic E-state index is 12.4. The molecule has 24 heavy (non-hydrogen) atoms. The molecule has 2 aliphatic heterocycles. The molecule has 3 heterocycles. The molecule has 0 bridgehead atoms. The number of H-pyrrole nitrogens is 1. The average Bonchev–Trinajstić information content (AvgIpc) is 3.24. The van der Waals surface area contributed by atoms with Crippen molar-refractivity contribution in [3.05, 3.63) is 27.7 Å². The van der Waals surface area contributed by atoms with E-state index >= 15 is 0 Å². The van der Waals surface area contributed by atoms with E-state index in [0.29, 0.717) is 31.9 Å². The Kier molecular flexibility index (Phi) is 4.94. The van der Waals surface area contributed by atoms with Gasteiger partial charge in [-0.3, -0.25) is 19.5 Å². The minimum absolute atomic E-state index is 0.0751. The van der Waals surface area contributed by atoms with Gasteiger partial charge < -0.3 is 15.0 Å². The smallest absolute Gasteiger partial charge is 0.278 e. The van der Waals surface area contributed by atoms with Crippen molar-refractivity contribution in [1.82, 2.24) is 20.4 Å². The first kappa shape index (κ1) is 16.6. The number of aromatic nitrogens is 2. The average molecular weight is 334 g/mol. The fourth-order valence-corrected chi connectivity index (χ4v) is 3.13. The first-order valence-corrected chi connectivity index (χ1v) is 8.29. The summed E-state index contributed by atoms with van der Waals surface area (Å²) in [7, 11) is 0. The van der Waals surface area contributed by atoms with E-state index in [1.165, 1.54) is 6.07 Å². The third kappa shape index (κ3) is 3.64. The molecule has 2 N–H and O–H groups in total. The van der Waals surface area contributed by atoms with E-state index in [9.17, 15) is 14.4 Å². The lowest BCUT2D eigenvalue weighted by atomic mass is 10.1. The second kappa shape index (κ2) is 7.12. The molecule has 2 saturated heterocycles. The lowest BCUT2D eigenvalue weighted by Gasteiger charge is -2.17. The van der Waals surface area contributed by atoms with E-state index in [-0.39, 0.29) is 35.0 Å². The monoisotopic (exact) mass is 334 g/mol. The summed E-state index contributed by atoms with van der Waals surface area (Å²) in [6.45, 7) is 3.95. The topological polar surface area (TPSA) is 104 Å². The molecule has 8 heteroatoms. The van der Waals surface area contributed by atoms with Crippen molar-refractivity contribution in [3.63, 3.8) is 0 Å². The van der Waals surface area contributed by atoms with Crippen LogP contribution in [0, 0.1) is 12.8 Å². The van der Waals surface area contributed by atoms with Crippen LogP contribution in [0.4, 0.5) is 0 Å². The van der Waals surface area contributed by atoms with Crippen LogP contribution in [0.1, 0.15) is 35.4 Å². The van der Waals surface area contributed by atoms with Gasteiger partial charge in [-0.2, -0.15) is 5.10 Å². The first-order chi connectivity index (χ1) is 11.5. The van der Waals surface area contributed by atoms with Gasteiger partial charge in [0.2, 0.25) is 11.3 Å². The summed E-state index contributed by atoms with van der Waals surface area (Å²) in [5, 5.41) is 9.42. The highest BCUT2D eigenvalue weighted by atomic mass is 16.5. The van der Waals surface area contributed by atoms with Gasteiger partial charge in [0.05, 0.1) is 0 Å². The third-order valence-corrected chi connectivity index (χ3v) is 4.49.